The first-order chi connectivity index (χ1) is 26.3. The zero-order chi connectivity index (χ0) is 37.4. The summed E-state index contributed by atoms with van der Waals surface area (Å²) in [7, 11) is 3.45. The molecule has 0 heterocycles. The lowest BCUT2D eigenvalue weighted by Gasteiger charge is -2.28. The molecule has 1 atom stereocenters. The lowest BCUT2D eigenvalue weighted by atomic mass is 9.75. The summed E-state index contributed by atoms with van der Waals surface area (Å²) in [5, 5.41) is 0. The van der Waals surface area contributed by atoms with Crippen LogP contribution in [0.15, 0.2) is 186 Å². The van der Waals surface area contributed by atoms with Crippen molar-refractivity contribution in [2.24, 2.45) is 11.3 Å². The number of rotatable bonds is 7. The number of allylic oxidation sites excluding steroid dienone is 5. The summed E-state index contributed by atoms with van der Waals surface area (Å²) in [4.78, 5) is 0. The summed E-state index contributed by atoms with van der Waals surface area (Å²) in [5.41, 5.74) is 18.5. The van der Waals surface area contributed by atoms with Crippen LogP contribution in [-0.2, 0) is 0 Å². The van der Waals surface area contributed by atoms with Gasteiger partial charge in [-0.2, -0.15) is 0 Å². The van der Waals surface area contributed by atoms with E-state index in [9.17, 15) is 0 Å². The van der Waals surface area contributed by atoms with Crippen molar-refractivity contribution < 1.29 is 9.47 Å². The Hall–Kier alpha value is -6.12. The number of hydrogen-bond acceptors (Lipinski definition) is 2. The quantitative estimate of drug-likeness (QED) is 0.165. The third-order valence-electron chi connectivity index (χ3n) is 11.2. The second-order valence-electron chi connectivity index (χ2n) is 15.0. The molecule has 1 unspecified atom stereocenters. The van der Waals surface area contributed by atoms with Crippen molar-refractivity contribution in [3.63, 3.8) is 0 Å². The largest absolute Gasteiger partial charge is 0.497 e. The van der Waals surface area contributed by atoms with Crippen LogP contribution in [0.25, 0.3) is 27.8 Å². The minimum absolute atomic E-state index is 0.0397. The van der Waals surface area contributed by atoms with E-state index in [2.05, 4.69) is 191 Å². The first kappa shape index (κ1) is 34.9. The average Bonchev–Trinajstić information content (AvgIpc) is 3.33. The Morgan fingerprint density at radius 2 is 1.02 bits per heavy atom. The SMILES string of the molecule is COc1ccc(C(=C2C(=C(C)C)C(C)(C)C3=C(c4ccccc4)c4cc(-c5ccccc5)ccc4C(c4ccccc4)=CC23)c2ccc(OC)cc2)cc1. The highest BCUT2D eigenvalue weighted by atomic mass is 16.5. The van der Waals surface area contributed by atoms with Gasteiger partial charge in [-0.1, -0.05) is 153 Å². The molecule has 1 fully saturated rings. The van der Waals surface area contributed by atoms with Crippen LogP contribution in [0.5, 0.6) is 11.5 Å². The van der Waals surface area contributed by atoms with Crippen LogP contribution in [-0.4, -0.2) is 14.2 Å². The molecular formula is C52H46O2. The van der Waals surface area contributed by atoms with E-state index in [0.717, 1.165) is 22.6 Å². The maximum absolute atomic E-state index is 5.65. The summed E-state index contributed by atoms with van der Waals surface area (Å²) >= 11 is 0. The maximum atomic E-state index is 5.65. The van der Waals surface area contributed by atoms with E-state index in [4.69, 9.17) is 9.47 Å². The first-order valence-electron chi connectivity index (χ1n) is 18.8. The highest BCUT2D eigenvalue weighted by Crippen LogP contribution is 2.62. The minimum Gasteiger partial charge on any atom is -0.497 e. The molecular weight excluding hydrogens is 657 g/mol. The Morgan fingerprint density at radius 3 is 1.52 bits per heavy atom. The van der Waals surface area contributed by atoms with Crippen molar-refractivity contribution in [3.05, 3.63) is 219 Å². The zero-order valence-corrected chi connectivity index (χ0v) is 32.0. The average molecular weight is 703 g/mol. The molecule has 0 bridgehead atoms. The van der Waals surface area contributed by atoms with Gasteiger partial charge in [-0.3, -0.25) is 0 Å². The van der Waals surface area contributed by atoms with Gasteiger partial charge in [-0.25, -0.2) is 0 Å². The van der Waals surface area contributed by atoms with Gasteiger partial charge >= 0.3 is 0 Å². The lowest BCUT2D eigenvalue weighted by molar-refractivity contribution is 0.414. The second kappa shape index (κ2) is 14.4. The van der Waals surface area contributed by atoms with Gasteiger partial charge < -0.3 is 9.47 Å². The third-order valence-corrected chi connectivity index (χ3v) is 11.2. The van der Waals surface area contributed by atoms with Gasteiger partial charge in [0.2, 0.25) is 0 Å². The Bertz CT molecular complexity index is 2390. The molecule has 54 heavy (non-hydrogen) atoms. The number of hydrogen-bond donors (Lipinski definition) is 0. The molecule has 0 radical (unpaired) electrons. The van der Waals surface area contributed by atoms with Gasteiger partial charge in [0.15, 0.2) is 0 Å². The van der Waals surface area contributed by atoms with Crippen molar-refractivity contribution in [2.45, 2.75) is 27.7 Å². The fourth-order valence-electron chi connectivity index (χ4n) is 8.95. The van der Waals surface area contributed by atoms with E-state index < -0.39 is 0 Å². The number of fused-ring (bicyclic) bond motifs is 2. The highest BCUT2D eigenvalue weighted by molar-refractivity contribution is 6.00. The molecule has 0 N–H and O–H groups in total. The Balaban J connectivity index is 1.56. The van der Waals surface area contributed by atoms with E-state index in [0.29, 0.717) is 0 Å². The summed E-state index contributed by atoms with van der Waals surface area (Å²) in [6, 6.07) is 57.0. The van der Waals surface area contributed by atoms with Crippen molar-refractivity contribution in [1.82, 2.24) is 0 Å². The predicted molar refractivity (Wildman–Crippen MR) is 226 cm³/mol. The summed E-state index contributed by atoms with van der Waals surface area (Å²) < 4.78 is 11.3. The van der Waals surface area contributed by atoms with Crippen molar-refractivity contribution in [2.75, 3.05) is 14.2 Å². The van der Waals surface area contributed by atoms with E-state index >= 15 is 0 Å². The van der Waals surface area contributed by atoms with Gasteiger partial charge in [0.05, 0.1) is 14.2 Å². The molecule has 1 saturated carbocycles. The molecule has 2 aliphatic rings. The molecule has 2 aliphatic carbocycles. The van der Waals surface area contributed by atoms with Crippen LogP contribution in [0.1, 0.15) is 61.1 Å². The van der Waals surface area contributed by atoms with E-state index in [1.165, 1.54) is 72.4 Å². The summed E-state index contributed by atoms with van der Waals surface area (Å²) in [5.74, 6) is 1.64. The lowest BCUT2D eigenvalue weighted by Crippen LogP contribution is -2.15. The van der Waals surface area contributed by atoms with Crippen LogP contribution >= 0.6 is 0 Å². The van der Waals surface area contributed by atoms with Crippen LogP contribution in [0.4, 0.5) is 0 Å². The molecule has 2 heteroatoms. The molecule has 0 aromatic heterocycles. The molecule has 0 saturated heterocycles. The molecule has 6 aromatic carbocycles. The minimum atomic E-state index is -0.323. The number of ether oxygens (including phenoxy) is 2. The van der Waals surface area contributed by atoms with Crippen LogP contribution in [0.2, 0.25) is 0 Å². The van der Waals surface area contributed by atoms with Gasteiger partial charge in [0, 0.05) is 11.3 Å². The number of methoxy groups -OCH3 is 2. The van der Waals surface area contributed by atoms with E-state index in [1.54, 1.807) is 14.2 Å². The number of benzene rings is 6. The van der Waals surface area contributed by atoms with Crippen molar-refractivity contribution in [1.29, 1.82) is 0 Å². The second-order valence-corrected chi connectivity index (χ2v) is 15.0. The molecule has 2 nitrogen and oxygen atoms in total. The third kappa shape index (κ3) is 6.12. The van der Waals surface area contributed by atoms with E-state index in [-0.39, 0.29) is 11.3 Å². The molecule has 0 amide bonds. The van der Waals surface area contributed by atoms with Crippen LogP contribution in [0.3, 0.4) is 0 Å². The smallest absolute Gasteiger partial charge is 0.118 e. The zero-order valence-electron chi connectivity index (χ0n) is 32.0. The summed E-state index contributed by atoms with van der Waals surface area (Å²) in [6.45, 7) is 9.45. The van der Waals surface area contributed by atoms with Crippen LogP contribution in [0, 0.1) is 11.3 Å². The van der Waals surface area contributed by atoms with Crippen LogP contribution < -0.4 is 9.47 Å². The Labute approximate surface area is 320 Å². The van der Waals surface area contributed by atoms with Crippen molar-refractivity contribution in [3.8, 4) is 22.6 Å². The highest BCUT2D eigenvalue weighted by Gasteiger charge is 2.48. The molecule has 0 aliphatic heterocycles. The van der Waals surface area contributed by atoms with Gasteiger partial charge in [-0.15, -0.1) is 0 Å². The maximum Gasteiger partial charge on any atom is 0.118 e. The molecule has 6 aromatic rings. The van der Waals surface area contributed by atoms with Gasteiger partial charge in [0.25, 0.3) is 0 Å². The fraction of sp³-hybridized carbons (Fsp3) is 0.154. The molecule has 0 spiro atoms. The Kier molecular flexibility index (Phi) is 9.29. The Morgan fingerprint density at radius 1 is 0.519 bits per heavy atom. The fourth-order valence-corrected chi connectivity index (χ4v) is 8.95. The monoisotopic (exact) mass is 702 g/mol. The molecule has 8 rings (SSSR count). The van der Waals surface area contributed by atoms with Crippen molar-refractivity contribution >= 4 is 16.7 Å². The summed E-state index contributed by atoms with van der Waals surface area (Å²) in [6.07, 6.45) is 2.57. The first-order valence-corrected chi connectivity index (χ1v) is 18.8. The topological polar surface area (TPSA) is 18.5 Å². The van der Waals surface area contributed by atoms with E-state index in [1.807, 2.05) is 0 Å². The predicted octanol–water partition coefficient (Wildman–Crippen LogP) is 13.1. The standard InChI is InChI=1S/C52H46O2/c1-34(2)50-49(47(38-22-27-41(53-5)28-23-38)39-24-29-42(54-6)30-25-39)46-33-44(36-18-12-8-13-19-36)43-31-26-40(35-16-10-7-11-17-35)32-45(43)48(51(46)52(50,3)4)37-20-14-9-15-21-37/h7-33,46H,1-6H3. The van der Waals surface area contributed by atoms with Gasteiger partial charge in [0.1, 0.15) is 11.5 Å². The van der Waals surface area contributed by atoms with Gasteiger partial charge in [-0.05, 0) is 122 Å². The molecule has 266 valence electrons. The normalized spacial score (nSPS) is 15.9.